The molecule has 0 amide bonds. The lowest BCUT2D eigenvalue weighted by Gasteiger charge is -2.27. The molecule has 1 unspecified atom stereocenters. The van der Waals surface area contributed by atoms with E-state index in [1.807, 2.05) is 12.1 Å². The fourth-order valence-corrected chi connectivity index (χ4v) is 2.70. The Labute approximate surface area is 111 Å². The Morgan fingerprint density at radius 1 is 1.05 bits per heavy atom. The molecule has 0 aromatic heterocycles. The Kier molecular flexibility index (Phi) is 3.30. The van der Waals surface area contributed by atoms with E-state index in [2.05, 4.69) is 17.4 Å². The lowest BCUT2D eigenvalue weighted by Crippen LogP contribution is -2.31. The predicted molar refractivity (Wildman–Crippen MR) is 71.0 cm³/mol. The first-order valence-corrected chi connectivity index (χ1v) is 6.50. The van der Waals surface area contributed by atoms with Gasteiger partial charge in [-0.3, -0.25) is 0 Å². The first-order chi connectivity index (χ1) is 9.25. The van der Waals surface area contributed by atoms with Crippen LogP contribution in [0.1, 0.15) is 22.7 Å². The Morgan fingerprint density at radius 3 is 2.79 bits per heavy atom. The third-order valence-electron chi connectivity index (χ3n) is 3.67. The normalized spacial score (nSPS) is 18.1. The Balaban J connectivity index is 1.91. The number of hydrogen-bond acceptors (Lipinski definition) is 1. The predicted octanol–water partition coefficient (Wildman–Crippen LogP) is 3.39. The highest BCUT2D eigenvalue weighted by molar-refractivity contribution is 5.34. The van der Waals surface area contributed by atoms with E-state index in [1.54, 1.807) is 12.1 Å². The van der Waals surface area contributed by atoms with Crippen LogP contribution in [0.25, 0.3) is 0 Å². The SMILES string of the molecule is Fc1cccc(CC2NCCc3ccccc32)c1F. The van der Waals surface area contributed by atoms with Crippen LogP contribution in [0.2, 0.25) is 0 Å². The number of halogens is 2. The van der Waals surface area contributed by atoms with E-state index in [0.717, 1.165) is 19.0 Å². The zero-order valence-corrected chi connectivity index (χ0v) is 10.5. The molecule has 19 heavy (non-hydrogen) atoms. The average Bonchev–Trinajstić information content (AvgIpc) is 2.44. The monoisotopic (exact) mass is 259 g/mol. The van der Waals surface area contributed by atoms with E-state index in [4.69, 9.17) is 0 Å². The summed E-state index contributed by atoms with van der Waals surface area (Å²) in [7, 11) is 0. The Morgan fingerprint density at radius 2 is 1.89 bits per heavy atom. The number of rotatable bonds is 2. The summed E-state index contributed by atoms with van der Waals surface area (Å²) in [5.74, 6) is -1.51. The summed E-state index contributed by atoms with van der Waals surface area (Å²) in [6.07, 6.45) is 1.46. The highest BCUT2D eigenvalue weighted by atomic mass is 19.2. The van der Waals surface area contributed by atoms with Crippen LogP contribution in [0.3, 0.4) is 0 Å². The summed E-state index contributed by atoms with van der Waals surface area (Å²) in [5, 5.41) is 3.38. The van der Waals surface area contributed by atoms with Crippen molar-refractivity contribution < 1.29 is 8.78 Å². The van der Waals surface area contributed by atoms with Crippen LogP contribution >= 0.6 is 0 Å². The molecule has 0 fully saturated rings. The minimum absolute atomic E-state index is 0.0567. The number of hydrogen-bond donors (Lipinski definition) is 1. The first-order valence-electron chi connectivity index (χ1n) is 6.50. The maximum absolute atomic E-state index is 13.7. The molecule has 0 radical (unpaired) electrons. The van der Waals surface area contributed by atoms with Gasteiger partial charge in [-0.1, -0.05) is 36.4 Å². The summed E-state index contributed by atoms with van der Waals surface area (Å²) in [4.78, 5) is 0. The largest absolute Gasteiger partial charge is 0.309 e. The van der Waals surface area contributed by atoms with Gasteiger partial charge in [0.25, 0.3) is 0 Å². The molecule has 2 aromatic rings. The quantitative estimate of drug-likeness (QED) is 0.871. The zero-order chi connectivity index (χ0) is 13.2. The van der Waals surface area contributed by atoms with Gasteiger partial charge < -0.3 is 5.32 Å². The van der Waals surface area contributed by atoms with Gasteiger partial charge in [-0.05, 0) is 42.1 Å². The molecule has 1 nitrogen and oxygen atoms in total. The lowest BCUT2D eigenvalue weighted by molar-refractivity contribution is 0.467. The van der Waals surface area contributed by atoms with Crippen LogP contribution in [0.5, 0.6) is 0 Å². The smallest absolute Gasteiger partial charge is 0.162 e. The van der Waals surface area contributed by atoms with Crippen LogP contribution in [-0.4, -0.2) is 6.54 Å². The summed E-state index contributed by atoms with van der Waals surface area (Å²) < 4.78 is 27.0. The standard InChI is InChI=1S/C16H15F2N/c17-14-7-3-5-12(16(14)18)10-15-13-6-2-1-4-11(13)8-9-19-15/h1-7,15,19H,8-10H2. The summed E-state index contributed by atoms with van der Waals surface area (Å²) >= 11 is 0. The van der Waals surface area contributed by atoms with Crippen molar-refractivity contribution in [2.75, 3.05) is 6.54 Å². The van der Waals surface area contributed by atoms with E-state index in [1.165, 1.54) is 11.1 Å². The van der Waals surface area contributed by atoms with Gasteiger partial charge in [0.15, 0.2) is 11.6 Å². The average molecular weight is 259 g/mol. The van der Waals surface area contributed by atoms with Crippen molar-refractivity contribution in [2.24, 2.45) is 0 Å². The molecule has 98 valence electrons. The topological polar surface area (TPSA) is 12.0 Å². The molecule has 0 spiro atoms. The van der Waals surface area contributed by atoms with Crippen molar-refractivity contribution in [3.8, 4) is 0 Å². The maximum Gasteiger partial charge on any atom is 0.162 e. The van der Waals surface area contributed by atoms with Gasteiger partial charge in [-0.2, -0.15) is 0 Å². The van der Waals surface area contributed by atoms with Crippen molar-refractivity contribution in [1.29, 1.82) is 0 Å². The van der Waals surface area contributed by atoms with Crippen LogP contribution in [0.15, 0.2) is 42.5 Å². The maximum atomic E-state index is 13.7. The van der Waals surface area contributed by atoms with Crippen LogP contribution < -0.4 is 5.32 Å². The molecule has 1 aliphatic rings. The second-order valence-corrected chi connectivity index (χ2v) is 4.87. The second kappa shape index (κ2) is 5.10. The lowest BCUT2D eigenvalue weighted by atomic mass is 9.90. The van der Waals surface area contributed by atoms with Crippen molar-refractivity contribution in [3.05, 3.63) is 70.8 Å². The summed E-state index contributed by atoms with van der Waals surface area (Å²) in [5.41, 5.74) is 2.91. The third-order valence-corrected chi connectivity index (χ3v) is 3.67. The fraction of sp³-hybridized carbons (Fsp3) is 0.250. The molecule has 0 aliphatic carbocycles. The first kappa shape index (κ1) is 12.3. The minimum atomic E-state index is -0.776. The van der Waals surface area contributed by atoms with E-state index in [0.29, 0.717) is 12.0 Å². The number of nitrogens with one attached hydrogen (secondary N) is 1. The highest BCUT2D eigenvalue weighted by Gasteiger charge is 2.21. The molecule has 0 saturated heterocycles. The zero-order valence-electron chi connectivity index (χ0n) is 10.5. The molecule has 3 rings (SSSR count). The van der Waals surface area contributed by atoms with Crippen LogP contribution in [0, 0.1) is 11.6 Å². The van der Waals surface area contributed by atoms with Crippen LogP contribution in [0.4, 0.5) is 8.78 Å². The van der Waals surface area contributed by atoms with Gasteiger partial charge in [0.1, 0.15) is 0 Å². The van der Waals surface area contributed by atoms with Crippen molar-refractivity contribution in [1.82, 2.24) is 5.32 Å². The van der Waals surface area contributed by atoms with Crippen molar-refractivity contribution >= 4 is 0 Å². The molecule has 0 saturated carbocycles. The fourth-order valence-electron chi connectivity index (χ4n) is 2.70. The van der Waals surface area contributed by atoms with Crippen molar-refractivity contribution in [3.63, 3.8) is 0 Å². The van der Waals surface area contributed by atoms with Gasteiger partial charge in [0, 0.05) is 6.04 Å². The molecule has 3 heteroatoms. The molecule has 1 N–H and O–H groups in total. The molecular weight excluding hydrogens is 244 g/mol. The Bertz CT molecular complexity index is 595. The van der Waals surface area contributed by atoms with Gasteiger partial charge in [0.2, 0.25) is 0 Å². The summed E-state index contributed by atoms with van der Waals surface area (Å²) in [6.45, 7) is 0.874. The summed E-state index contributed by atoms with van der Waals surface area (Å²) in [6, 6.07) is 12.6. The number of benzene rings is 2. The van der Waals surface area contributed by atoms with Gasteiger partial charge in [0.05, 0.1) is 0 Å². The molecule has 1 aliphatic heterocycles. The van der Waals surface area contributed by atoms with Gasteiger partial charge in [-0.15, -0.1) is 0 Å². The number of fused-ring (bicyclic) bond motifs is 1. The Hall–Kier alpha value is -1.74. The van der Waals surface area contributed by atoms with Gasteiger partial charge in [-0.25, -0.2) is 8.78 Å². The molecule has 1 atom stereocenters. The van der Waals surface area contributed by atoms with Crippen LogP contribution in [-0.2, 0) is 12.8 Å². The highest BCUT2D eigenvalue weighted by Crippen LogP contribution is 2.27. The van der Waals surface area contributed by atoms with Crippen molar-refractivity contribution in [2.45, 2.75) is 18.9 Å². The molecule has 2 aromatic carbocycles. The third kappa shape index (κ3) is 2.38. The van der Waals surface area contributed by atoms with Gasteiger partial charge >= 0.3 is 0 Å². The molecular formula is C16H15F2N. The molecule has 0 bridgehead atoms. The van der Waals surface area contributed by atoms with E-state index in [9.17, 15) is 8.78 Å². The molecule has 1 heterocycles. The van der Waals surface area contributed by atoms with E-state index >= 15 is 0 Å². The van der Waals surface area contributed by atoms with E-state index in [-0.39, 0.29) is 6.04 Å². The minimum Gasteiger partial charge on any atom is -0.309 e. The van der Waals surface area contributed by atoms with E-state index < -0.39 is 11.6 Å². The second-order valence-electron chi connectivity index (χ2n) is 4.87.